The molecule has 1 N–H and O–H groups in total. The number of carbonyl (C=O) groups excluding carboxylic acids is 2. The van der Waals surface area contributed by atoms with Crippen LogP contribution in [-0.2, 0) is 23.9 Å². The predicted octanol–water partition coefficient (Wildman–Crippen LogP) is 0.680. The Hall–Kier alpha value is -2.11. The van der Waals surface area contributed by atoms with Gasteiger partial charge in [-0.3, -0.25) is 0 Å². The molecule has 0 saturated carbocycles. The summed E-state index contributed by atoms with van der Waals surface area (Å²) in [5.41, 5.74) is 0.298. The summed E-state index contributed by atoms with van der Waals surface area (Å²) in [6.07, 6.45) is 1.83. The maximum absolute atomic E-state index is 10.9. The second-order valence-electron chi connectivity index (χ2n) is 3.11. The van der Waals surface area contributed by atoms with Gasteiger partial charge < -0.3 is 14.6 Å². The van der Waals surface area contributed by atoms with Crippen molar-refractivity contribution in [3.05, 3.63) is 24.3 Å². The molecule has 0 radical (unpaired) electrons. The highest BCUT2D eigenvalue weighted by atomic mass is 16.5. The van der Waals surface area contributed by atoms with Crippen molar-refractivity contribution >= 4 is 17.9 Å². The SMILES string of the molecule is C=C(C)C(=O)OCCCOC(=O)/C=C\C(=O)O. The van der Waals surface area contributed by atoms with Crippen LogP contribution < -0.4 is 0 Å². The molecule has 0 saturated heterocycles. The quantitative estimate of drug-likeness (QED) is 0.401. The van der Waals surface area contributed by atoms with E-state index in [0.717, 1.165) is 6.08 Å². The topological polar surface area (TPSA) is 89.9 Å². The standard InChI is InChI=1S/C11H14O6/c1-8(2)11(15)17-7-3-6-16-10(14)5-4-9(12)13/h4-5H,1,3,6-7H2,2H3,(H,12,13)/b5-4-. The largest absolute Gasteiger partial charge is 0.478 e. The summed E-state index contributed by atoms with van der Waals surface area (Å²) >= 11 is 0. The van der Waals surface area contributed by atoms with Crippen molar-refractivity contribution in [2.24, 2.45) is 0 Å². The molecule has 0 amide bonds. The molecule has 0 aliphatic heterocycles. The summed E-state index contributed by atoms with van der Waals surface area (Å²) in [6.45, 7) is 5.09. The molecule has 0 aromatic carbocycles. The van der Waals surface area contributed by atoms with Gasteiger partial charge in [-0.1, -0.05) is 6.58 Å². The number of hydrogen-bond donors (Lipinski definition) is 1. The van der Waals surface area contributed by atoms with Crippen molar-refractivity contribution in [3.8, 4) is 0 Å². The first-order chi connectivity index (χ1) is 7.93. The normalized spacial score (nSPS) is 9.94. The third-order valence-electron chi connectivity index (χ3n) is 1.48. The van der Waals surface area contributed by atoms with E-state index in [1.807, 2.05) is 0 Å². The Morgan fingerprint density at radius 2 is 1.76 bits per heavy atom. The van der Waals surface area contributed by atoms with Gasteiger partial charge in [-0.25, -0.2) is 14.4 Å². The smallest absolute Gasteiger partial charge is 0.333 e. The maximum atomic E-state index is 10.9. The molecule has 0 bridgehead atoms. The average molecular weight is 242 g/mol. The van der Waals surface area contributed by atoms with E-state index >= 15 is 0 Å². The van der Waals surface area contributed by atoms with E-state index in [2.05, 4.69) is 11.3 Å². The zero-order chi connectivity index (χ0) is 13.3. The van der Waals surface area contributed by atoms with Gasteiger partial charge in [0.1, 0.15) is 0 Å². The number of aliphatic carboxylic acids is 1. The molecule has 0 unspecified atom stereocenters. The predicted molar refractivity (Wildman–Crippen MR) is 58.1 cm³/mol. The fourth-order valence-electron chi connectivity index (χ4n) is 0.707. The van der Waals surface area contributed by atoms with E-state index in [9.17, 15) is 14.4 Å². The number of rotatable bonds is 7. The lowest BCUT2D eigenvalue weighted by atomic mass is 10.4. The molecule has 17 heavy (non-hydrogen) atoms. The molecule has 0 fully saturated rings. The van der Waals surface area contributed by atoms with Gasteiger partial charge in [0.15, 0.2) is 0 Å². The number of esters is 2. The van der Waals surface area contributed by atoms with Gasteiger partial charge in [-0.05, 0) is 6.92 Å². The van der Waals surface area contributed by atoms with E-state index in [-0.39, 0.29) is 13.2 Å². The fraction of sp³-hybridized carbons (Fsp3) is 0.364. The van der Waals surface area contributed by atoms with E-state index in [0.29, 0.717) is 18.1 Å². The molecular weight excluding hydrogens is 228 g/mol. The molecule has 0 aliphatic carbocycles. The van der Waals surface area contributed by atoms with Crippen molar-refractivity contribution in [3.63, 3.8) is 0 Å². The Labute approximate surface area is 98.5 Å². The number of carboxylic acids is 1. The van der Waals surface area contributed by atoms with Crippen LogP contribution in [-0.4, -0.2) is 36.2 Å². The Balaban J connectivity index is 3.59. The number of carbonyl (C=O) groups is 3. The first kappa shape index (κ1) is 14.9. The number of hydrogen-bond acceptors (Lipinski definition) is 5. The zero-order valence-electron chi connectivity index (χ0n) is 9.47. The first-order valence-corrected chi connectivity index (χ1v) is 4.84. The van der Waals surface area contributed by atoms with Crippen molar-refractivity contribution < 1.29 is 29.0 Å². The number of carboxylic acid groups (broad SMARTS) is 1. The monoisotopic (exact) mass is 242 g/mol. The maximum Gasteiger partial charge on any atom is 0.333 e. The van der Waals surface area contributed by atoms with Crippen molar-refractivity contribution in [2.45, 2.75) is 13.3 Å². The summed E-state index contributed by atoms with van der Waals surface area (Å²) in [6, 6.07) is 0. The van der Waals surface area contributed by atoms with E-state index in [1.165, 1.54) is 6.92 Å². The second kappa shape index (κ2) is 8.09. The molecule has 6 heteroatoms. The van der Waals surface area contributed by atoms with Crippen molar-refractivity contribution in [1.82, 2.24) is 0 Å². The lowest BCUT2D eigenvalue weighted by molar-refractivity contribution is -0.141. The Morgan fingerprint density at radius 3 is 2.29 bits per heavy atom. The lowest BCUT2D eigenvalue weighted by Gasteiger charge is -2.04. The van der Waals surface area contributed by atoms with Crippen LogP contribution in [0.25, 0.3) is 0 Å². The van der Waals surface area contributed by atoms with E-state index in [1.54, 1.807) is 0 Å². The van der Waals surface area contributed by atoms with Crippen LogP contribution in [0.2, 0.25) is 0 Å². The van der Waals surface area contributed by atoms with Crippen LogP contribution in [0.4, 0.5) is 0 Å². The molecule has 0 spiro atoms. The highest BCUT2D eigenvalue weighted by Gasteiger charge is 2.03. The third-order valence-corrected chi connectivity index (χ3v) is 1.48. The van der Waals surface area contributed by atoms with Gasteiger partial charge in [-0.2, -0.15) is 0 Å². The van der Waals surface area contributed by atoms with Crippen LogP contribution in [0.15, 0.2) is 24.3 Å². The summed E-state index contributed by atoms with van der Waals surface area (Å²) in [5.74, 6) is -2.47. The number of ether oxygens (including phenoxy) is 2. The van der Waals surface area contributed by atoms with Gasteiger partial charge in [0, 0.05) is 24.1 Å². The highest BCUT2D eigenvalue weighted by molar-refractivity contribution is 5.90. The lowest BCUT2D eigenvalue weighted by Crippen LogP contribution is -2.10. The van der Waals surface area contributed by atoms with Crippen molar-refractivity contribution in [1.29, 1.82) is 0 Å². The molecule has 0 aromatic heterocycles. The van der Waals surface area contributed by atoms with E-state index in [4.69, 9.17) is 9.84 Å². The minimum Gasteiger partial charge on any atom is -0.478 e. The summed E-state index contributed by atoms with van der Waals surface area (Å²) < 4.78 is 9.37. The fourth-order valence-corrected chi connectivity index (χ4v) is 0.707. The Kier molecular flexibility index (Phi) is 7.09. The van der Waals surface area contributed by atoms with Gasteiger partial charge in [0.25, 0.3) is 0 Å². The molecule has 0 atom stereocenters. The van der Waals surface area contributed by atoms with Crippen LogP contribution in [0, 0.1) is 0 Å². The Morgan fingerprint density at radius 1 is 1.18 bits per heavy atom. The third kappa shape index (κ3) is 8.86. The van der Waals surface area contributed by atoms with Crippen LogP contribution in [0.3, 0.4) is 0 Å². The summed E-state index contributed by atoms with van der Waals surface area (Å²) in [4.78, 5) is 31.8. The van der Waals surface area contributed by atoms with Gasteiger partial charge >= 0.3 is 17.9 Å². The van der Waals surface area contributed by atoms with Crippen LogP contribution in [0.1, 0.15) is 13.3 Å². The molecule has 0 aliphatic rings. The summed E-state index contributed by atoms with van der Waals surface area (Å²) in [7, 11) is 0. The second-order valence-corrected chi connectivity index (χ2v) is 3.11. The Bertz CT molecular complexity index is 342. The first-order valence-electron chi connectivity index (χ1n) is 4.84. The van der Waals surface area contributed by atoms with Gasteiger partial charge in [0.05, 0.1) is 13.2 Å². The summed E-state index contributed by atoms with van der Waals surface area (Å²) in [5, 5.41) is 8.22. The zero-order valence-corrected chi connectivity index (χ0v) is 9.47. The highest BCUT2D eigenvalue weighted by Crippen LogP contribution is 1.94. The molecule has 0 rings (SSSR count). The molecule has 0 heterocycles. The van der Waals surface area contributed by atoms with Crippen LogP contribution in [0.5, 0.6) is 0 Å². The van der Waals surface area contributed by atoms with E-state index < -0.39 is 17.9 Å². The average Bonchev–Trinajstić information content (AvgIpc) is 2.25. The van der Waals surface area contributed by atoms with Crippen molar-refractivity contribution in [2.75, 3.05) is 13.2 Å². The molecular formula is C11H14O6. The van der Waals surface area contributed by atoms with Gasteiger partial charge in [0.2, 0.25) is 0 Å². The van der Waals surface area contributed by atoms with Crippen LogP contribution >= 0.6 is 0 Å². The minimum absolute atomic E-state index is 0.0479. The molecule has 94 valence electrons. The molecule has 0 aromatic rings. The molecule has 6 nitrogen and oxygen atoms in total. The minimum atomic E-state index is -1.22. The van der Waals surface area contributed by atoms with Gasteiger partial charge in [-0.15, -0.1) is 0 Å².